The van der Waals surface area contributed by atoms with Crippen LogP contribution in [0.4, 0.5) is 5.69 Å². The molecule has 2 aromatic carbocycles. The fraction of sp³-hybridized carbons (Fsp3) is 0.211. The standard InChI is InChI=1S/C19H19N3O3S2/c1-12-5-4-6-13(9-12)18-21-19(27-22-18)26-11-17(23)20-14-7-8-15(24-2)16(10-14)25-3/h4-10H,11H2,1-3H3,(H,20,23). The van der Waals surface area contributed by atoms with Gasteiger partial charge in [0, 0.05) is 17.3 Å². The second-order valence-corrected chi connectivity index (χ2v) is 7.63. The molecule has 1 heterocycles. The van der Waals surface area contributed by atoms with Gasteiger partial charge in [0.15, 0.2) is 21.7 Å². The molecule has 6 nitrogen and oxygen atoms in total. The van der Waals surface area contributed by atoms with Crippen molar-refractivity contribution in [2.75, 3.05) is 25.3 Å². The van der Waals surface area contributed by atoms with Gasteiger partial charge in [-0.2, -0.15) is 4.37 Å². The summed E-state index contributed by atoms with van der Waals surface area (Å²) in [5.74, 6) is 1.99. The summed E-state index contributed by atoms with van der Waals surface area (Å²) in [6, 6.07) is 13.3. The van der Waals surface area contributed by atoms with Gasteiger partial charge >= 0.3 is 0 Å². The third-order valence-electron chi connectivity index (χ3n) is 3.68. The summed E-state index contributed by atoms with van der Waals surface area (Å²) in [6.45, 7) is 2.03. The van der Waals surface area contributed by atoms with Crippen molar-refractivity contribution in [1.82, 2.24) is 9.36 Å². The second-order valence-electron chi connectivity index (χ2n) is 5.66. The number of anilines is 1. The highest BCUT2D eigenvalue weighted by molar-refractivity contribution is 8.01. The third kappa shape index (κ3) is 4.99. The number of nitrogens with one attached hydrogen (secondary N) is 1. The molecule has 0 radical (unpaired) electrons. The molecule has 0 aliphatic carbocycles. The molecule has 0 unspecified atom stereocenters. The average molecular weight is 402 g/mol. The number of aromatic nitrogens is 2. The van der Waals surface area contributed by atoms with Crippen molar-refractivity contribution in [2.45, 2.75) is 11.3 Å². The number of aryl methyl sites for hydroxylation is 1. The predicted octanol–water partition coefficient (Wildman–Crippen LogP) is 4.26. The van der Waals surface area contributed by atoms with E-state index in [1.807, 2.05) is 31.2 Å². The monoisotopic (exact) mass is 401 g/mol. The molecular weight excluding hydrogens is 382 g/mol. The number of methoxy groups -OCH3 is 2. The number of hydrogen-bond donors (Lipinski definition) is 1. The van der Waals surface area contributed by atoms with Crippen molar-refractivity contribution in [3.05, 3.63) is 48.0 Å². The van der Waals surface area contributed by atoms with Gasteiger partial charge < -0.3 is 14.8 Å². The quantitative estimate of drug-likeness (QED) is 0.596. The molecule has 3 rings (SSSR count). The number of carbonyl (C=O) groups is 1. The van der Waals surface area contributed by atoms with Gasteiger partial charge in [-0.1, -0.05) is 35.5 Å². The van der Waals surface area contributed by atoms with Crippen molar-refractivity contribution in [1.29, 1.82) is 0 Å². The number of nitrogens with zero attached hydrogens (tertiary/aromatic N) is 2. The topological polar surface area (TPSA) is 73.3 Å². The lowest BCUT2D eigenvalue weighted by atomic mass is 10.1. The molecule has 1 aromatic heterocycles. The van der Waals surface area contributed by atoms with Crippen molar-refractivity contribution >= 4 is 34.9 Å². The summed E-state index contributed by atoms with van der Waals surface area (Å²) < 4.78 is 15.6. The first-order valence-electron chi connectivity index (χ1n) is 8.14. The first kappa shape index (κ1) is 19.2. The summed E-state index contributed by atoms with van der Waals surface area (Å²) in [5, 5.41) is 2.85. The van der Waals surface area contributed by atoms with Crippen molar-refractivity contribution in [3.8, 4) is 22.9 Å². The van der Waals surface area contributed by atoms with Crippen LogP contribution in [0.2, 0.25) is 0 Å². The molecule has 27 heavy (non-hydrogen) atoms. The van der Waals surface area contributed by atoms with Crippen LogP contribution in [0.15, 0.2) is 46.8 Å². The summed E-state index contributed by atoms with van der Waals surface area (Å²) >= 11 is 2.66. The maximum Gasteiger partial charge on any atom is 0.234 e. The van der Waals surface area contributed by atoms with Gasteiger partial charge in [-0.15, -0.1) is 0 Å². The van der Waals surface area contributed by atoms with Crippen LogP contribution in [0.1, 0.15) is 5.56 Å². The molecule has 3 aromatic rings. The SMILES string of the molecule is COc1ccc(NC(=O)CSc2nc(-c3cccc(C)c3)ns2)cc1OC. The molecule has 8 heteroatoms. The van der Waals surface area contributed by atoms with Crippen LogP contribution in [-0.2, 0) is 4.79 Å². The van der Waals surface area contributed by atoms with Crippen molar-refractivity contribution in [3.63, 3.8) is 0 Å². The number of amides is 1. The Labute approximate surface area is 166 Å². The van der Waals surface area contributed by atoms with E-state index in [9.17, 15) is 4.79 Å². The molecule has 0 aliphatic heterocycles. The van der Waals surface area contributed by atoms with Crippen molar-refractivity contribution in [2.24, 2.45) is 0 Å². The smallest absolute Gasteiger partial charge is 0.234 e. The van der Waals surface area contributed by atoms with Gasteiger partial charge in [-0.05, 0) is 36.7 Å². The fourth-order valence-electron chi connectivity index (χ4n) is 2.41. The Balaban J connectivity index is 1.58. The number of hydrogen-bond acceptors (Lipinski definition) is 7. The predicted molar refractivity (Wildman–Crippen MR) is 109 cm³/mol. The normalized spacial score (nSPS) is 10.5. The minimum Gasteiger partial charge on any atom is -0.493 e. The van der Waals surface area contributed by atoms with Crippen LogP contribution in [0.3, 0.4) is 0 Å². The highest BCUT2D eigenvalue weighted by Crippen LogP contribution is 2.30. The number of rotatable bonds is 7. The summed E-state index contributed by atoms with van der Waals surface area (Å²) in [4.78, 5) is 16.7. The number of benzene rings is 2. The molecule has 1 N–H and O–H groups in total. The van der Waals surface area contributed by atoms with E-state index in [4.69, 9.17) is 9.47 Å². The number of carbonyl (C=O) groups excluding carboxylic acids is 1. The third-order valence-corrected chi connectivity index (χ3v) is 5.51. The molecule has 1 amide bonds. The molecule has 0 spiro atoms. The van der Waals surface area contributed by atoms with Crippen LogP contribution in [0.5, 0.6) is 11.5 Å². The molecule has 0 saturated heterocycles. The van der Waals surface area contributed by atoms with E-state index >= 15 is 0 Å². The van der Waals surface area contributed by atoms with E-state index < -0.39 is 0 Å². The lowest BCUT2D eigenvalue weighted by Gasteiger charge is -2.10. The zero-order valence-corrected chi connectivity index (χ0v) is 16.8. The van der Waals surface area contributed by atoms with E-state index in [0.717, 1.165) is 15.5 Å². The average Bonchev–Trinajstić information content (AvgIpc) is 3.15. The Bertz CT molecular complexity index is 943. The molecule has 0 aliphatic rings. The number of ether oxygens (including phenoxy) is 2. The molecular formula is C19H19N3O3S2. The Kier molecular flexibility index (Phi) is 6.31. The fourth-order valence-corrected chi connectivity index (χ4v) is 3.82. The summed E-state index contributed by atoms with van der Waals surface area (Å²) in [5.41, 5.74) is 2.79. The lowest BCUT2D eigenvalue weighted by molar-refractivity contribution is -0.113. The molecule has 0 fully saturated rings. The molecule has 0 saturated carbocycles. The van der Waals surface area contributed by atoms with Crippen LogP contribution in [-0.4, -0.2) is 35.2 Å². The lowest BCUT2D eigenvalue weighted by Crippen LogP contribution is -2.14. The van der Waals surface area contributed by atoms with Gasteiger partial charge in [0.25, 0.3) is 0 Å². The van der Waals surface area contributed by atoms with Crippen molar-refractivity contribution < 1.29 is 14.3 Å². The largest absolute Gasteiger partial charge is 0.493 e. The van der Waals surface area contributed by atoms with Gasteiger partial charge in [0.1, 0.15) is 0 Å². The maximum atomic E-state index is 12.2. The van der Waals surface area contributed by atoms with E-state index in [0.29, 0.717) is 23.0 Å². The van der Waals surface area contributed by atoms with Crippen LogP contribution >= 0.6 is 23.3 Å². The Morgan fingerprint density at radius 2 is 1.96 bits per heavy atom. The van der Waals surface area contributed by atoms with E-state index in [1.54, 1.807) is 32.4 Å². The minimum absolute atomic E-state index is 0.125. The Morgan fingerprint density at radius 1 is 1.15 bits per heavy atom. The first-order chi connectivity index (χ1) is 13.1. The van der Waals surface area contributed by atoms with Crippen LogP contribution < -0.4 is 14.8 Å². The van der Waals surface area contributed by atoms with Gasteiger partial charge in [0.2, 0.25) is 5.91 Å². The van der Waals surface area contributed by atoms with Gasteiger partial charge in [0.05, 0.1) is 20.0 Å². The number of thioether (sulfide) groups is 1. The van der Waals surface area contributed by atoms with E-state index in [1.165, 1.54) is 23.3 Å². The highest BCUT2D eigenvalue weighted by Gasteiger charge is 2.11. The van der Waals surface area contributed by atoms with Crippen LogP contribution in [0, 0.1) is 6.92 Å². The zero-order chi connectivity index (χ0) is 19.2. The molecule has 0 bridgehead atoms. The van der Waals surface area contributed by atoms with Gasteiger partial charge in [-0.25, -0.2) is 4.98 Å². The van der Waals surface area contributed by atoms with E-state index in [-0.39, 0.29) is 11.7 Å². The highest BCUT2D eigenvalue weighted by atomic mass is 32.2. The zero-order valence-electron chi connectivity index (χ0n) is 15.2. The van der Waals surface area contributed by atoms with Gasteiger partial charge in [-0.3, -0.25) is 4.79 Å². The first-order valence-corrected chi connectivity index (χ1v) is 9.90. The molecule has 0 atom stereocenters. The minimum atomic E-state index is -0.125. The summed E-state index contributed by atoms with van der Waals surface area (Å²) in [7, 11) is 3.13. The Morgan fingerprint density at radius 3 is 2.70 bits per heavy atom. The van der Waals surface area contributed by atoms with Crippen LogP contribution in [0.25, 0.3) is 11.4 Å². The Hall–Kier alpha value is -2.58. The van der Waals surface area contributed by atoms with E-state index in [2.05, 4.69) is 14.7 Å². The second kappa shape index (κ2) is 8.88. The summed E-state index contributed by atoms with van der Waals surface area (Å²) in [6.07, 6.45) is 0. The maximum absolute atomic E-state index is 12.2. The molecule has 140 valence electrons.